The van der Waals surface area contributed by atoms with E-state index in [-0.39, 0.29) is 10.8 Å². The number of nitrogens with zero attached hydrogens (tertiary/aromatic N) is 1. The Morgan fingerprint density at radius 1 is 1.15 bits per heavy atom. The highest BCUT2D eigenvalue weighted by Crippen LogP contribution is 2.19. The fourth-order valence-corrected chi connectivity index (χ4v) is 5.55. The Labute approximate surface area is 161 Å². The third-order valence-corrected chi connectivity index (χ3v) is 7.15. The second-order valence-electron chi connectivity index (χ2n) is 7.87. The third-order valence-electron chi connectivity index (χ3n) is 5.24. The first kappa shape index (κ1) is 20.3. The fourth-order valence-electron chi connectivity index (χ4n) is 4.15. The first-order valence-corrected chi connectivity index (χ1v) is 11.1. The molecular formula is C19H30N3O4S+. The van der Waals surface area contributed by atoms with Gasteiger partial charge in [0, 0.05) is 30.6 Å². The molecule has 7 nitrogen and oxygen atoms in total. The van der Waals surface area contributed by atoms with Crippen LogP contribution in [0.25, 0.3) is 0 Å². The average Bonchev–Trinajstić information content (AvgIpc) is 2.62. The number of amides is 1. The Morgan fingerprint density at radius 2 is 1.74 bits per heavy atom. The molecule has 150 valence electrons. The molecule has 0 saturated carbocycles. The molecule has 0 bridgehead atoms. The summed E-state index contributed by atoms with van der Waals surface area (Å²) in [4.78, 5) is 13.9. The Balaban J connectivity index is 1.58. The van der Waals surface area contributed by atoms with Crippen LogP contribution >= 0.6 is 0 Å². The van der Waals surface area contributed by atoms with Crippen LogP contribution in [0.3, 0.4) is 0 Å². The zero-order valence-electron chi connectivity index (χ0n) is 16.1. The van der Waals surface area contributed by atoms with Crippen LogP contribution in [0.2, 0.25) is 0 Å². The maximum Gasteiger partial charge on any atom is 0.279 e. The van der Waals surface area contributed by atoms with E-state index in [2.05, 4.69) is 19.2 Å². The third kappa shape index (κ3) is 5.28. The Kier molecular flexibility index (Phi) is 6.52. The van der Waals surface area contributed by atoms with Crippen molar-refractivity contribution in [2.24, 2.45) is 11.8 Å². The number of carbonyl (C=O) groups excluding carboxylic acids is 1. The van der Waals surface area contributed by atoms with Gasteiger partial charge in [0.25, 0.3) is 5.91 Å². The smallest absolute Gasteiger partial charge is 0.279 e. The molecule has 2 aliphatic rings. The summed E-state index contributed by atoms with van der Waals surface area (Å²) in [5.74, 6) is 1.25. The van der Waals surface area contributed by atoms with E-state index in [1.807, 2.05) is 0 Å². The number of piperidine rings is 1. The molecule has 3 rings (SSSR count). The quantitative estimate of drug-likeness (QED) is 0.746. The minimum absolute atomic E-state index is 0.0323. The summed E-state index contributed by atoms with van der Waals surface area (Å²) >= 11 is 0. The number of carbonyl (C=O) groups is 1. The predicted octanol–water partition coefficient (Wildman–Crippen LogP) is 0.207. The van der Waals surface area contributed by atoms with E-state index in [0.29, 0.717) is 50.4 Å². The van der Waals surface area contributed by atoms with Crippen LogP contribution in [0.4, 0.5) is 5.69 Å². The number of rotatable bonds is 5. The number of sulfonamides is 1. The molecule has 0 unspecified atom stereocenters. The minimum atomic E-state index is -3.51. The minimum Gasteiger partial charge on any atom is -0.379 e. The first-order valence-electron chi connectivity index (χ1n) is 9.66. The van der Waals surface area contributed by atoms with E-state index in [0.717, 1.165) is 13.1 Å². The largest absolute Gasteiger partial charge is 0.379 e. The van der Waals surface area contributed by atoms with Crippen molar-refractivity contribution in [2.75, 3.05) is 51.3 Å². The lowest BCUT2D eigenvalue weighted by Crippen LogP contribution is -3.15. The molecule has 1 amide bonds. The number of likely N-dealkylation sites (tertiary alicyclic amines) is 1. The number of benzene rings is 1. The zero-order valence-corrected chi connectivity index (χ0v) is 16.9. The van der Waals surface area contributed by atoms with Crippen LogP contribution in [-0.2, 0) is 19.6 Å². The molecule has 2 N–H and O–H groups in total. The second kappa shape index (κ2) is 8.68. The van der Waals surface area contributed by atoms with E-state index in [9.17, 15) is 13.2 Å². The van der Waals surface area contributed by atoms with Crippen molar-refractivity contribution in [3.8, 4) is 0 Å². The van der Waals surface area contributed by atoms with Crippen LogP contribution in [0.5, 0.6) is 0 Å². The number of hydrogen-bond acceptors (Lipinski definition) is 4. The molecule has 0 aromatic heterocycles. The van der Waals surface area contributed by atoms with Crippen LogP contribution in [0, 0.1) is 11.8 Å². The molecule has 1 aromatic rings. The number of hydrogen-bond donors (Lipinski definition) is 2. The van der Waals surface area contributed by atoms with Gasteiger partial charge in [-0.2, -0.15) is 4.31 Å². The predicted molar refractivity (Wildman–Crippen MR) is 103 cm³/mol. The highest BCUT2D eigenvalue weighted by Gasteiger charge is 2.28. The van der Waals surface area contributed by atoms with Gasteiger partial charge in [-0.1, -0.05) is 13.8 Å². The zero-order chi connectivity index (χ0) is 19.4. The van der Waals surface area contributed by atoms with Crippen molar-refractivity contribution >= 4 is 21.6 Å². The van der Waals surface area contributed by atoms with E-state index in [4.69, 9.17) is 4.74 Å². The standard InChI is InChI=1S/C19H29N3O4S/c1-15-11-16(2)13-21(12-15)14-19(23)20-17-3-5-18(6-4-17)27(24,25)22-7-9-26-10-8-22/h3-6,15-16H,7-14H2,1-2H3,(H,20,23)/p+1/t15-,16-/m1/s1. The molecule has 2 heterocycles. The number of nitrogens with one attached hydrogen (secondary N) is 2. The molecule has 8 heteroatoms. The highest BCUT2D eigenvalue weighted by atomic mass is 32.2. The van der Waals surface area contributed by atoms with Crippen molar-refractivity contribution in [3.63, 3.8) is 0 Å². The topological polar surface area (TPSA) is 80.2 Å². The SMILES string of the molecule is C[C@@H]1C[C@@H](C)C[NH+](CC(=O)Nc2ccc(S(=O)(=O)N3CCOCC3)cc2)C1. The molecule has 2 aliphatic heterocycles. The van der Waals surface area contributed by atoms with Gasteiger partial charge in [-0.3, -0.25) is 4.79 Å². The van der Waals surface area contributed by atoms with Crippen LogP contribution in [0.1, 0.15) is 20.3 Å². The summed E-state index contributed by atoms with van der Waals surface area (Å²) in [6.45, 7) is 8.55. The summed E-state index contributed by atoms with van der Waals surface area (Å²) in [5, 5.41) is 2.89. The highest BCUT2D eigenvalue weighted by molar-refractivity contribution is 7.89. The van der Waals surface area contributed by atoms with Gasteiger partial charge in [-0.05, 0) is 30.7 Å². The molecule has 2 saturated heterocycles. The summed E-state index contributed by atoms with van der Waals surface area (Å²) in [7, 11) is -3.51. The summed E-state index contributed by atoms with van der Waals surface area (Å²) < 4.78 is 31.9. The van der Waals surface area contributed by atoms with E-state index in [1.165, 1.54) is 15.6 Å². The van der Waals surface area contributed by atoms with Gasteiger partial charge in [0.05, 0.1) is 31.2 Å². The Hall–Kier alpha value is -1.48. The number of morpholine rings is 1. The lowest BCUT2D eigenvalue weighted by molar-refractivity contribution is -0.904. The average molecular weight is 397 g/mol. The molecule has 2 fully saturated rings. The van der Waals surface area contributed by atoms with Gasteiger partial charge in [0.15, 0.2) is 6.54 Å². The van der Waals surface area contributed by atoms with Gasteiger partial charge < -0.3 is 15.0 Å². The van der Waals surface area contributed by atoms with Crippen molar-refractivity contribution in [1.29, 1.82) is 0 Å². The second-order valence-corrected chi connectivity index (χ2v) is 9.81. The Morgan fingerprint density at radius 3 is 2.33 bits per heavy atom. The molecule has 2 atom stereocenters. The monoisotopic (exact) mass is 396 g/mol. The molecule has 27 heavy (non-hydrogen) atoms. The number of quaternary nitrogens is 1. The Bertz CT molecular complexity index is 735. The van der Waals surface area contributed by atoms with Gasteiger partial charge in [0.1, 0.15) is 0 Å². The lowest BCUT2D eigenvalue weighted by Gasteiger charge is -2.31. The summed E-state index contributed by atoms with van der Waals surface area (Å²) in [6, 6.07) is 6.42. The molecule has 0 aliphatic carbocycles. The van der Waals surface area contributed by atoms with E-state index < -0.39 is 10.0 Å². The molecule has 1 aromatic carbocycles. The summed E-state index contributed by atoms with van der Waals surface area (Å²) in [6.07, 6.45) is 1.23. The van der Waals surface area contributed by atoms with Crippen molar-refractivity contribution < 1.29 is 22.8 Å². The van der Waals surface area contributed by atoms with Crippen LogP contribution in [-0.4, -0.2) is 64.6 Å². The first-order chi connectivity index (χ1) is 12.8. The maximum atomic E-state index is 12.6. The molecule has 0 spiro atoms. The molecular weight excluding hydrogens is 366 g/mol. The van der Waals surface area contributed by atoms with Crippen LogP contribution < -0.4 is 10.2 Å². The van der Waals surface area contributed by atoms with Gasteiger partial charge in [0.2, 0.25) is 10.0 Å². The van der Waals surface area contributed by atoms with E-state index >= 15 is 0 Å². The maximum absolute atomic E-state index is 12.6. The van der Waals surface area contributed by atoms with Crippen molar-refractivity contribution in [3.05, 3.63) is 24.3 Å². The normalized spacial score (nSPS) is 27.3. The van der Waals surface area contributed by atoms with Crippen molar-refractivity contribution in [1.82, 2.24) is 4.31 Å². The molecule has 0 radical (unpaired) electrons. The van der Waals surface area contributed by atoms with Gasteiger partial charge >= 0.3 is 0 Å². The van der Waals surface area contributed by atoms with Gasteiger partial charge in [-0.15, -0.1) is 0 Å². The lowest BCUT2D eigenvalue weighted by atomic mass is 9.92. The fraction of sp³-hybridized carbons (Fsp3) is 0.632. The number of anilines is 1. The van der Waals surface area contributed by atoms with Crippen LogP contribution in [0.15, 0.2) is 29.2 Å². The van der Waals surface area contributed by atoms with Crippen molar-refractivity contribution in [2.45, 2.75) is 25.2 Å². The number of ether oxygens (including phenoxy) is 1. The van der Waals surface area contributed by atoms with E-state index in [1.54, 1.807) is 24.3 Å². The summed E-state index contributed by atoms with van der Waals surface area (Å²) in [5.41, 5.74) is 0.624. The van der Waals surface area contributed by atoms with Gasteiger partial charge in [-0.25, -0.2) is 8.42 Å².